The number of benzene rings is 1. The van der Waals surface area contributed by atoms with Crippen molar-refractivity contribution in [3.8, 4) is 0 Å². The van der Waals surface area contributed by atoms with Crippen LogP contribution in [0.2, 0.25) is 0 Å². The Labute approximate surface area is 122 Å². The van der Waals surface area contributed by atoms with Gasteiger partial charge in [-0.2, -0.15) is 4.72 Å². The molecular weight excluding hydrogens is 324 g/mol. The third-order valence-corrected chi connectivity index (χ3v) is 4.95. The fourth-order valence-electron chi connectivity index (χ4n) is 1.64. The number of rotatable bonds is 5. The number of carboxylic acid groups (broad SMARTS) is 1. The van der Waals surface area contributed by atoms with Crippen molar-refractivity contribution in [1.82, 2.24) is 4.72 Å². The minimum absolute atomic E-state index is 0.197. The van der Waals surface area contributed by atoms with E-state index in [2.05, 4.69) is 0 Å². The number of hydrogen-bond acceptors (Lipinski definition) is 4. The van der Waals surface area contributed by atoms with E-state index >= 15 is 0 Å². The van der Waals surface area contributed by atoms with E-state index in [9.17, 15) is 22.0 Å². The molecule has 1 heterocycles. The van der Waals surface area contributed by atoms with E-state index in [1.165, 1.54) is 12.1 Å². The molecule has 0 spiro atoms. The average Bonchev–Trinajstić information content (AvgIpc) is 2.88. The molecule has 0 saturated carbocycles. The number of halogens is 2. The summed E-state index contributed by atoms with van der Waals surface area (Å²) in [7, 11) is -4.67. The highest BCUT2D eigenvalue weighted by atomic mass is 32.2. The van der Waals surface area contributed by atoms with Crippen molar-refractivity contribution in [2.45, 2.75) is 10.9 Å². The lowest BCUT2D eigenvalue weighted by atomic mass is 10.3. The molecule has 0 aliphatic rings. The van der Waals surface area contributed by atoms with Crippen molar-refractivity contribution in [1.29, 1.82) is 0 Å². The Hall–Kier alpha value is -1.84. The van der Waals surface area contributed by atoms with E-state index in [0.717, 1.165) is 29.5 Å². The van der Waals surface area contributed by atoms with E-state index in [-0.39, 0.29) is 4.88 Å². The fourth-order valence-corrected chi connectivity index (χ4v) is 3.79. The molecule has 0 aliphatic heterocycles. The quantitative estimate of drug-likeness (QED) is 0.878. The van der Waals surface area contributed by atoms with Crippen LogP contribution in [0.1, 0.15) is 10.9 Å². The Morgan fingerprint density at radius 3 is 2.29 bits per heavy atom. The van der Waals surface area contributed by atoms with Crippen molar-refractivity contribution >= 4 is 27.3 Å². The summed E-state index contributed by atoms with van der Waals surface area (Å²) in [4.78, 5) is 10.2. The van der Waals surface area contributed by atoms with Gasteiger partial charge in [0.2, 0.25) is 10.0 Å². The van der Waals surface area contributed by atoms with Gasteiger partial charge in [0.15, 0.2) is 10.9 Å². The first-order valence-corrected chi connectivity index (χ1v) is 7.92. The third-order valence-electron chi connectivity index (χ3n) is 2.54. The maximum absolute atomic E-state index is 13.5. The standard InChI is InChI=1S/C12H9F2NO4S2/c13-7-3-1-4-8(14)11(7)21(18,19)15-10(12(16)17)9-5-2-6-20-9/h1-6,10,15H,(H,16,17). The summed E-state index contributed by atoms with van der Waals surface area (Å²) < 4.78 is 52.9. The van der Waals surface area contributed by atoms with Crippen molar-refractivity contribution in [3.63, 3.8) is 0 Å². The van der Waals surface area contributed by atoms with Crippen molar-refractivity contribution in [2.75, 3.05) is 0 Å². The van der Waals surface area contributed by atoms with Crippen LogP contribution < -0.4 is 4.72 Å². The van der Waals surface area contributed by atoms with Crippen molar-refractivity contribution in [2.24, 2.45) is 0 Å². The van der Waals surface area contributed by atoms with Crippen LogP contribution in [0, 0.1) is 11.6 Å². The summed E-state index contributed by atoms with van der Waals surface area (Å²) in [5.74, 6) is -4.06. The first-order valence-electron chi connectivity index (χ1n) is 5.55. The first-order chi connectivity index (χ1) is 9.83. The molecule has 1 unspecified atom stereocenters. The lowest BCUT2D eigenvalue weighted by Crippen LogP contribution is -2.34. The summed E-state index contributed by atoms with van der Waals surface area (Å²) in [6.45, 7) is 0. The molecule has 0 saturated heterocycles. The zero-order chi connectivity index (χ0) is 15.6. The molecule has 2 N–H and O–H groups in total. The zero-order valence-corrected chi connectivity index (χ0v) is 11.9. The van der Waals surface area contributed by atoms with Gasteiger partial charge in [0, 0.05) is 4.88 Å². The molecular formula is C12H9F2NO4S2. The smallest absolute Gasteiger partial charge is 0.327 e. The van der Waals surface area contributed by atoms with Gasteiger partial charge in [-0.05, 0) is 23.6 Å². The Morgan fingerprint density at radius 2 is 1.81 bits per heavy atom. The summed E-state index contributed by atoms with van der Waals surface area (Å²) in [6, 6.07) is 3.89. The van der Waals surface area contributed by atoms with Crippen LogP contribution in [0.5, 0.6) is 0 Å². The second-order valence-electron chi connectivity index (χ2n) is 3.96. The molecule has 112 valence electrons. The van der Waals surface area contributed by atoms with Crippen LogP contribution in [0.4, 0.5) is 8.78 Å². The highest BCUT2D eigenvalue weighted by Crippen LogP contribution is 2.24. The molecule has 1 aromatic heterocycles. The molecule has 2 aromatic rings. The van der Waals surface area contributed by atoms with Crippen LogP contribution >= 0.6 is 11.3 Å². The number of sulfonamides is 1. The summed E-state index contributed by atoms with van der Waals surface area (Å²) in [6.07, 6.45) is 0. The van der Waals surface area contributed by atoms with E-state index in [0.29, 0.717) is 0 Å². The Bertz CT molecular complexity index is 739. The van der Waals surface area contributed by atoms with Gasteiger partial charge in [0.1, 0.15) is 11.6 Å². The zero-order valence-electron chi connectivity index (χ0n) is 10.3. The average molecular weight is 333 g/mol. The largest absolute Gasteiger partial charge is 0.480 e. The van der Waals surface area contributed by atoms with Crippen LogP contribution in [0.3, 0.4) is 0 Å². The molecule has 9 heteroatoms. The molecule has 2 rings (SSSR count). The van der Waals surface area contributed by atoms with Gasteiger partial charge in [0.25, 0.3) is 0 Å². The number of carbonyl (C=O) groups is 1. The molecule has 0 fully saturated rings. The SMILES string of the molecule is O=C(O)C(NS(=O)(=O)c1c(F)cccc1F)c1cccs1. The molecule has 0 aliphatic carbocycles. The maximum Gasteiger partial charge on any atom is 0.327 e. The van der Waals surface area contributed by atoms with Gasteiger partial charge in [-0.25, -0.2) is 17.2 Å². The number of carboxylic acids is 1. The van der Waals surface area contributed by atoms with Crippen molar-refractivity contribution < 1.29 is 27.1 Å². The molecule has 0 radical (unpaired) electrons. The monoisotopic (exact) mass is 333 g/mol. The lowest BCUT2D eigenvalue weighted by molar-refractivity contribution is -0.139. The topological polar surface area (TPSA) is 83.5 Å². The van der Waals surface area contributed by atoms with Crippen LogP contribution in [0.25, 0.3) is 0 Å². The predicted molar refractivity (Wildman–Crippen MR) is 71.4 cm³/mol. The van der Waals surface area contributed by atoms with E-state index in [1.807, 2.05) is 0 Å². The Morgan fingerprint density at radius 1 is 1.19 bits per heavy atom. The molecule has 1 aromatic carbocycles. The molecule has 5 nitrogen and oxygen atoms in total. The highest BCUT2D eigenvalue weighted by Gasteiger charge is 2.31. The maximum atomic E-state index is 13.5. The van der Waals surface area contributed by atoms with Crippen LogP contribution in [-0.2, 0) is 14.8 Å². The highest BCUT2D eigenvalue weighted by molar-refractivity contribution is 7.89. The number of aliphatic carboxylic acids is 1. The predicted octanol–water partition coefficient (Wildman–Crippen LogP) is 2.13. The number of nitrogens with one attached hydrogen (secondary N) is 1. The van der Waals surface area contributed by atoms with Crippen LogP contribution in [-0.4, -0.2) is 19.5 Å². The molecule has 21 heavy (non-hydrogen) atoms. The van der Waals surface area contributed by atoms with E-state index in [4.69, 9.17) is 5.11 Å². The molecule has 0 amide bonds. The number of hydrogen-bond donors (Lipinski definition) is 2. The number of thiophene rings is 1. The summed E-state index contributed by atoms with van der Waals surface area (Å²) in [5, 5.41) is 10.6. The van der Waals surface area contributed by atoms with Gasteiger partial charge in [-0.15, -0.1) is 11.3 Å². The van der Waals surface area contributed by atoms with E-state index in [1.54, 1.807) is 10.1 Å². The van der Waals surface area contributed by atoms with Gasteiger partial charge in [-0.3, -0.25) is 4.79 Å². The third kappa shape index (κ3) is 3.26. The second-order valence-corrected chi connectivity index (χ2v) is 6.59. The van der Waals surface area contributed by atoms with Gasteiger partial charge < -0.3 is 5.11 Å². The molecule has 1 atom stereocenters. The second kappa shape index (κ2) is 5.88. The fraction of sp³-hybridized carbons (Fsp3) is 0.0833. The van der Waals surface area contributed by atoms with Gasteiger partial charge >= 0.3 is 5.97 Å². The summed E-state index contributed by atoms with van der Waals surface area (Å²) in [5.41, 5.74) is 0. The lowest BCUT2D eigenvalue weighted by Gasteiger charge is -2.14. The van der Waals surface area contributed by atoms with E-state index < -0.39 is 38.6 Å². The Balaban J connectivity index is 2.43. The summed E-state index contributed by atoms with van der Waals surface area (Å²) >= 11 is 1.01. The van der Waals surface area contributed by atoms with Crippen molar-refractivity contribution in [3.05, 3.63) is 52.2 Å². The minimum Gasteiger partial charge on any atom is -0.480 e. The molecule has 0 bridgehead atoms. The van der Waals surface area contributed by atoms with Gasteiger partial charge in [-0.1, -0.05) is 12.1 Å². The Kier molecular flexibility index (Phi) is 4.35. The van der Waals surface area contributed by atoms with Gasteiger partial charge in [0.05, 0.1) is 0 Å². The van der Waals surface area contributed by atoms with Crippen LogP contribution in [0.15, 0.2) is 40.6 Å². The minimum atomic E-state index is -4.67. The normalized spacial score (nSPS) is 13.0. The first kappa shape index (κ1) is 15.5.